The molecule has 1 aromatic carbocycles. The van der Waals surface area contributed by atoms with Gasteiger partial charge in [0.2, 0.25) is 5.91 Å². The molecule has 2 amide bonds. The fraction of sp³-hybridized carbons (Fsp3) is 0.500. The van der Waals surface area contributed by atoms with Gasteiger partial charge in [0.1, 0.15) is 5.75 Å². The van der Waals surface area contributed by atoms with Crippen LogP contribution in [0.1, 0.15) is 45.1 Å². The van der Waals surface area contributed by atoms with Gasteiger partial charge in [-0.15, -0.1) is 0 Å². The summed E-state index contributed by atoms with van der Waals surface area (Å²) in [5.41, 5.74) is 3.22. The number of piperidine rings is 1. The van der Waals surface area contributed by atoms with Crippen LogP contribution in [-0.2, 0) is 16.1 Å². The van der Waals surface area contributed by atoms with Gasteiger partial charge in [-0.2, -0.15) is 5.10 Å². The van der Waals surface area contributed by atoms with Crippen LogP contribution in [0.25, 0.3) is 11.1 Å². The zero-order valence-corrected chi connectivity index (χ0v) is 24.6. The van der Waals surface area contributed by atoms with Crippen molar-refractivity contribution in [2.45, 2.75) is 57.7 Å². The lowest BCUT2D eigenvalue weighted by atomic mass is 9.95. The maximum absolute atomic E-state index is 13.9. The van der Waals surface area contributed by atoms with Crippen LogP contribution in [-0.4, -0.2) is 87.7 Å². The maximum Gasteiger partial charge on any atom is 0.266 e. The molecule has 2 saturated heterocycles. The summed E-state index contributed by atoms with van der Waals surface area (Å²) in [6, 6.07) is 10.7. The molecule has 1 atom stereocenters. The molecule has 0 spiro atoms. The molecule has 42 heavy (non-hydrogen) atoms. The smallest absolute Gasteiger partial charge is 0.266 e. The molecule has 0 radical (unpaired) electrons. The molecule has 1 saturated carbocycles. The Balaban J connectivity index is 1.10. The topological polar surface area (TPSA) is 107 Å². The van der Waals surface area contributed by atoms with Gasteiger partial charge in [-0.1, -0.05) is 24.3 Å². The Morgan fingerprint density at radius 1 is 1.02 bits per heavy atom. The van der Waals surface area contributed by atoms with Crippen molar-refractivity contribution in [2.24, 2.45) is 5.92 Å². The molecule has 2 N–H and O–H groups in total. The van der Waals surface area contributed by atoms with Crippen LogP contribution in [0.3, 0.4) is 0 Å². The first-order chi connectivity index (χ1) is 20.4. The fourth-order valence-corrected chi connectivity index (χ4v) is 6.05. The Bertz CT molecular complexity index is 1370. The molecule has 3 aromatic rings. The van der Waals surface area contributed by atoms with Crippen LogP contribution in [0.4, 0.5) is 5.69 Å². The SMILES string of the molecule is CC(C)(Oc1cncc(N2CCC[C@@H](C(=O)N(Cc3ccc(-c4cn[nH]c4)cc3)C3CC3)C2)c1)C(=O)N1CCNCC1. The first-order valence-electron chi connectivity index (χ1n) is 15.1. The molecule has 1 aliphatic carbocycles. The Labute approximate surface area is 247 Å². The van der Waals surface area contributed by atoms with E-state index in [1.807, 2.05) is 43.4 Å². The van der Waals surface area contributed by atoms with Crippen LogP contribution < -0.4 is 15.0 Å². The molecule has 2 aliphatic heterocycles. The van der Waals surface area contributed by atoms with E-state index in [1.54, 1.807) is 6.20 Å². The Kier molecular flexibility index (Phi) is 8.15. The van der Waals surface area contributed by atoms with Gasteiger partial charge in [0.15, 0.2) is 5.60 Å². The van der Waals surface area contributed by atoms with Crippen molar-refractivity contribution in [3.8, 4) is 16.9 Å². The minimum atomic E-state index is -1.00. The summed E-state index contributed by atoms with van der Waals surface area (Å²) >= 11 is 0. The number of aromatic amines is 1. The van der Waals surface area contributed by atoms with Gasteiger partial charge < -0.3 is 24.8 Å². The van der Waals surface area contributed by atoms with Crippen molar-refractivity contribution in [2.75, 3.05) is 44.2 Å². The molecule has 3 fully saturated rings. The van der Waals surface area contributed by atoms with E-state index in [2.05, 4.69) is 54.6 Å². The summed E-state index contributed by atoms with van der Waals surface area (Å²) in [6.07, 6.45) is 11.1. The quantitative estimate of drug-likeness (QED) is 0.405. The lowest BCUT2D eigenvalue weighted by Gasteiger charge is -2.37. The predicted octanol–water partition coefficient (Wildman–Crippen LogP) is 3.47. The number of nitrogens with one attached hydrogen (secondary N) is 2. The van der Waals surface area contributed by atoms with E-state index in [-0.39, 0.29) is 17.7 Å². The first-order valence-corrected chi connectivity index (χ1v) is 15.1. The number of anilines is 1. The summed E-state index contributed by atoms with van der Waals surface area (Å²) in [5.74, 6) is 0.714. The number of pyridine rings is 1. The zero-order chi connectivity index (χ0) is 29.1. The van der Waals surface area contributed by atoms with E-state index in [9.17, 15) is 9.59 Å². The molecule has 222 valence electrons. The highest BCUT2D eigenvalue weighted by Gasteiger charge is 2.38. The average Bonchev–Trinajstić information content (AvgIpc) is 3.72. The van der Waals surface area contributed by atoms with E-state index < -0.39 is 5.60 Å². The summed E-state index contributed by atoms with van der Waals surface area (Å²) in [5, 5.41) is 10.2. The monoisotopic (exact) mass is 571 g/mol. The number of nitrogens with zero attached hydrogens (tertiary/aromatic N) is 5. The van der Waals surface area contributed by atoms with Gasteiger partial charge in [0.05, 0.1) is 30.2 Å². The standard InChI is InChI=1S/C32H41N7O3/c1-32(2,31(41)37-14-11-33-12-15-37)42-29-16-28(19-34-20-29)38-13-3-4-25(22-38)30(40)39(27-9-10-27)21-23-5-7-24(8-6-23)26-17-35-36-18-26/h5-8,16-20,25,27,33H,3-4,9-15,21-22H2,1-2H3,(H,35,36)/t25-/m1/s1. The van der Waals surface area contributed by atoms with Crippen LogP contribution in [0.2, 0.25) is 0 Å². The second kappa shape index (κ2) is 12.1. The normalized spacial score (nSPS) is 19.4. The number of hydrogen-bond acceptors (Lipinski definition) is 7. The summed E-state index contributed by atoms with van der Waals surface area (Å²) in [6.45, 7) is 8.73. The number of benzene rings is 1. The van der Waals surface area contributed by atoms with Crippen LogP contribution >= 0.6 is 0 Å². The number of ether oxygens (including phenoxy) is 1. The number of H-pyrrole nitrogens is 1. The molecule has 4 heterocycles. The third-order valence-corrected chi connectivity index (χ3v) is 8.54. The zero-order valence-electron chi connectivity index (χ0n) is 24.6. The van der Waals surface area contributed by atoms with Gasteiger partial charge in [-0.25, -0.2) is 0 Å². The molecule has 10 heteroatoms. The van der Waals surface area contributed by atoms with Gasteiger partial charge in [0, 0.05) is 69.7 Å². The van der Waals surface area contributed by atoms with Crippen LogP contribution in [0.15, 0.2) is 55.1 Å². The molecule has 6 rings (SSSR count). The van der Waals surface area contributed by atoms with Crippen molar-refractivity contribution >= 4 is 17.5 Å². The highest BCUT2D eigenvalue weighted by atomic mass is 16.5. The lowest BCUT2D eigenvalue weighted by Crippen LogP contribution is -2.54. The maximum atomic E-state index is 13.9. The number of carbonyl (C=O) groups is 2. The lowest BCUT2D eigenvalue weighted by molar-refractivity contribution is -0.146. The predicted molar refractivity (Wildman–Crippen MR) is 161 cm³/mol. The minimum absolute atomic E-state index is 0.0191. The number of carbonyl (C=O) groups excluding carboxylic acids is 2. The number of piperazine rings is 1. The van der Waals surface area contributed by atoms with E-state index in [0.717, 1.165) is 67.7 Å². The third kappa shape index (κ3) is 6.43. The van der Waals surface area contributed by atoms with Crippen molar-refractivity contribution in [1.82, 2.24) is 30.3 Å². The molecule has 0 bridgehead atoms. The Morgan fingerprint density at radius 2 is 1.81 bits per heavy atom. The molecular weight excluding hydrogens is 530 g/mol. The molecule has 0 unspecified atom stereocenters. The fourth-order valence-electron chi connectivity index (χ4n) is 6.05. The highest BCUT2D eigenvalue weighted by Crippen LogP contribution is 2.33. The molecule has 10 nitrogen and oxygen atoms in total. The molecule has 3 aliphatic rings. The second-order valence-corrected chi connectivity index (χ2v) is 12.2. The van der Waals surface area contributed by atoms with Gasteiger partial charge in [-0.05, 0) is 50.7 Å². The van der Waals surface area contributed by atoms with Crippen LogP contribution in [0.5, 0.6) is 5.75 Å². The molecule has 2 aromatic heterocycles. The van der Waals surface area contributed by atoms with Crippen molar-refractivity contribution in [3.63, 3.8) is 0 Å². The van der Waals surface area contributed by atoms with E-state index in [4.69, 9.17) is 4.74 Å². The number of rotatable bonds is 9. The number of aromatic nitrogens is 3. The van der Waals surface area contributed by atoms with E-state index >= 15 is 0 Å². The Morgan fingerprint density at radius 3 is 2.52 bits per heavy atom. The molecular formula is C32H41N7O3. The highest BCUT2D eigenvalue weighted by molar-refractivity contribution is 5.85. The summed E-state index contributed by atoms with van der Waals surface area (Å²) < 4.78 is 6.22. The van der Waals surface area contributed by atoms with Crippen molar-refractivity contribution < 1.29 is 14.3 Å². The van der Waals surface area contributed by atoms with E-state index in [0.29, 0.717) is 38.0 Å². The minimum Gasteiger partial charge on any atom is -0.476 e. The summed E-state index contributed by atoms with van der Waals surface area (Å²) in [7, 11) is 0. The largest absolute Gasteiger partial charge is 0.476 e. The number of amides is 2. The second-order valence-electron chi connectivity index (χ2n) is 12.2. The first kappa shape index (κ1) is 28.2. The third-order valence-electron chi connectivity index (χ3n) is 8.54. The van der Waals surface area contributed by atoms with Gasteiger partial charge in [-0.3, -0.25) is 19.7 Å². The van der Waals surface area contributed by atoms with Crippen molar-refractivity contribution in [3.05, 3.63) is 60.7 Å². The Hall–Kier alpha value is -3.92. The average molecular weight is 572 g/mol. The summed E-state index contributed by atoms with van der Waals surface area (Å²) in [4.78, 5) is 37.7. The van der Waals surface area contributed by atoms with Gasteiger partial charge >= 0.3 is 0 Å². The van der Waals surface area contributed by atoms with Gasteiger partial charge in [0.25, 0.3) is 5.91 Å². The van der Waals surface area contributed by atoms with E-state index in [1.165, 1.54) is 0 Å². The van der Waals surface area contributed by atoms with Crippen molar-refractivity contribution in [1.29, 1.82) is 0 Å². The van der Waals surface area contributed by atoms with Crippen LogP contribution in [0, 0.1) is 5.92 Å². The number of hydrogen-bond donors (Lipinski definition) is 2.